The van der Waals surface area contributed by atoms with Crippen LogP contribution in [0.4, 0.5) is 0 Å². The normalized spacial score (nSPS) is 14.9. The van der Waals surface area contributed by atoms with Crippen LogP contribution in [0.5, 0.6) is 0 Å². The maximum Gasteiger partial charge on any atom is 0.242 e. The molecule has 0 bridgehead atoms. The van der Waals surface area contributed by atoms with Crippen LogP contribution < -0.4 is 5.32 Å². The average Bonchev–Trinajstić information content (AvgIpc) is 3.27. The van der Waals surface area contributed by atoms with E-state index in [-0.39, 0.29) is 30.2 Å². The molecule has 166 valence electrons. The number of halogens is 2. The molecule has 0 unspecified atom stereocenters. The van der Waals surface area contributed by atoms with Crippen molar-refractivity contribution < 1.29 is 9.59 Å². The second kappa shape index (κ2) is 11.8. The number of carbonyl (C=O) groups excluding carboxylic acids is 2. The summed E-state index contributed by atoms with van der Waals surface area (Å²) in [6.45, 7) is 1.97. The van der Waals surface area contributed by atoms with E-state index in [0.717, 1.165) is 37.0 Å². The molecule has 1 fully saturated rings. The SMILES string of the molecule is C[C@H](C(=O)NC1CCCC1)N(Cc1c(Cl)cccc1Cl)C(=O)CSCc1ccccc1. The molecule has 2 amide bonds. The Bertz CT molecular complexity index is 868. The lowest BCUT2D eigenvalue weighted by Crippen LogP contribution is -2.50. The first-order valence-electron chi connectivity index (χ1n) is 10.6. The van der Waals surface area contributed by atoms with E-state index in [1.807, 2.05) is 30.3 Å². The maximum absolute atomic E-state index is 13.2. The molecule has 0 aromatic heterocycles. The molecule has 0 saturated heterocycles. The van der Waals surface area contributed by atoms with Gasteiger partial charge in [-0.25, -0.2) is 0 Å². The number of benzene rings is 2. The average molecular weight is 479 g/mol. The predicted octanol–water partition coefficient (Wildman–Crippen LogP) is 5.70. The number of hydrogen-bond donors (Lipinski definition) is 1. The van der Waals surface area contributed by atoms with Crippen LogP contribution in [-0.2, 0) is 21.9 Å². The minimum absolute atomic E-state index is 0.106. The van der Waals surface area contributed by atoms with Crippen molar-refractivity contribution in [1.29, 1.82) is 0 Å². The fourth-order valence-corrected chi connectivity index (χ4v) is 5.13. The van der Waals surface area contributed by atoms with Crippen molar-refractivity contribution in [3.63, 3.8) is 0 Å². The Morgan fingerprint density at radius 2 is 1.71 bits per heavy atom. The molecule has 1 N–H and O–H groups in total. The molecule has 1 atom stereocenters. The van der Waals surface area contributed by atoms with Crippen LogP contribution in [0, 0.1) is 0 Å². The van der Waals surface area contributed by atoms with Gasteiger partial charge in [-0.2, -0.15) is 0 Å². The van der Waals surface area contributed by atoms with Gasteiger partial charge in [-0.3, -0.25) is 9.59 Å². The van der Waals surface area contributed by atoms with Gasteiger partial charge in [0.05, 0.1) is 5.75 Å². The van der Waals surface area contributed by atoms with Crippen molar-refractivity contribution in [3.8, 4) is 0 Å². The molecule has 4 nitrogen and oxygen atoms in total. The van der Waals surface area contributed by atoms with E-state index in [1.54, 1.807) is 30.0 Å². The summed E-state index contributed by atoms with van der Waals surface area (Å²) in [5.41, 5.74) is 1.82. The van der Waals surface area contributed by atoms with E-state index >= 15 is 0 Å². The molecule has 3 rings (SSSR count). The summed E-state index contributed by atoms with van der Waals surface area (Å²) in [4.78, 5) is 27.7. The van der Waals surface area contributed by atoms with Gasteiger partial charge in [0.1, 0.15) is 6.04 Å². The molecule has 0 aliphatic heterocycles. The number of carbonyl (C=O) groups is 2. The molecular formula is C24H28Cl2N2O2S. The molecule has 0 radical (unpaired) electrons. The molecule has 2 aromatic carbocycles. The van der Waals surface area contributed by atoms with Crippen LogP contribution >= 0.6 is 35.0 Å². The molecule has 2 aromatic rings. The van der Waals surface area contributed by atoms with Crippen molar-refractivity contribution in [1.82, 2.24) is 10.2 Å². The monoisotopic (exact) mass is 478 g/mol. The lowest BCUT2D eigenvalue weighted by molar-refractivity contribution is -0.138. The molecule has 7 heteroatoms. The van der Waals surface area contributed by atoms with Crippen LogP contribution in [0.25, 0.3) is 0 Å². The summed E-state index contributed by atoms with van der Waals surface area (Å²) in [6, 6.07) is 14.9. The van der Waals surface area contributed by atoms with Crippen LogP contribution in [-0.4, -0.2) is 34.6 Å². The molecule has 31 heavy (non-hydrogen) atoms. The van der Waals surface area contributed by atoms with Crippen LogP contribution in [0.15, 0.2) is 48.5 Å². The van der Waals surface area contributed by atoms with Crippen molar-refractivity contribution >= 4 is 46.8 Å². The first-order chi connectivity index (χ1) is 15.0. The zero-order valence-corrected chi connectivity index (χ0v) is 20.0. The highest BCUT2D eigenvalue weighted by atomic mass is 35.5. The van der Waals surface area contributed by atoms with Crippen molar-refractivity contribution in [2.45, 2.75) is 57.0 Å². The fraction of sp³-hybridized carbons (Fsp3) is 0.417. The zero-order valence-electron chi connectivity index (χ0n) is 17.7. The van der Waals surface area contributed by atoms with Gasteiger partial charge in [-0.05, 0) is 37.5 Å². The Kier molecular flexibility index (Phi) is 9.12. The zero-order chi connectivity index (χ0) is 22.2. The predicted molar refractivity (Wildman–Crippen MR) is 129 cm³/mol. The molecule has 1 saturated carbocycles. The van der Waals surface area contributed by atoms with E-state index in [1.165, 1.54) is 11.8 Å². The third-order valence-electron chi connectivity index (χ3n) is 5.60. The highest BCUT2D eigenvalue weighted by molar-refractivity contribution is 7.99. The third-order valence-corrected chi connectivity index (χ3v) is 7.29. The first-order valence-corrected chi connectivity index (χ1v) is 12.5. The van der Waals surface area contributed by atoms with Gasteiger partial charge in [-0.1, -0.05) is 72.4 Å². The number of amides is 2. The highest BCUT2D eigenvalue weighted by Gasteiger charge is 2.29. The van der Waals surface area contributed by atoms with E-state index in [0.29, 0.717) is 15.6 Å². The largest absolute Gasteiger partial charge is 0.352 e. The van der Waals surface area contributed by atoms with Crippen LogP contribution in [0.1, 0.15) is 43.7 Å². The van der Waals surface area contributed by atoms with Crippen LogP contribution in [0.2, 0.25) is 10.0 Å². The fourth-order valence-electron chi connectivity index (χ4n) is 3.74. The van der Waals surface area contributed by atoms with Gasteiger partial charge in [0.2, 0.25) is 11.8 Å². The lowest BCUT2D eigenvalue weighted by Gasteiger charge is -2.30. The Labute approximate surface area is 198 Å². The summed E-state index contributed by atoms with van der Waals surface area (Å²) in [7, 11) is 0. The van der Waals surface area contributed by atoms with E-state index in [4.69, 9.17) is 23.2 Å². The lowest BCUT2D eigenvalue weighted by atomic mass is 10.1. The second-order valence-electron chi connectivity index (χ2n) is 7.87. The smallest absolute Gasteiger partial charge is 0.242 e. The third kappa shape index (κ3) is 6.90. The van der Waals surface area contributed by atoms with Gasteiger partial charge >= 0.3 is 0 Å². The number of nitrogens with zero attached hydrogens (tertiary/aromatic N) is 1. The molecule has 0 spiro atoms. The Morgan fingerprint density at radius 1 is 1.06 bits per heavy atom. The van der Waals surface area contributed by atoms with Crippen LogP contribution in [0.3, 0.4) is 0 Å². The van der Waals surface area contributed by atoms with E-state index in [2.05, 4.69) is 5.32 Å². The van der Waals surface area contributed by atoms with Gasteiger partial charge in [0, 0.05) is 33.9 Å². The van der Waals surface area contributed by atoms with Crippen molar-refractivity contribution in [2.75, 3.05) is 5.75 Å². The van der Waals surface area contributed by atoms with Gasteiger partial charge in [0.25, 0.3) is 0 Å². The van der Waals surface area contributed by atoms with Gasteiger partial charge < -0.3 is 10.2 Å². The van der Waals surface area contributed by atoms with E-state index < -0.39 is 6.04 Å². The standard InChI is InChI=1S/C24H28Cl2N2O2S/c1-17(24(30)27-19-10-5-6-11-19)28(14-20-21(25)12-7-13-22(20)26)23(29)16-31-15-18-8-3-2-4-9-18/h2-4,7-9,12-13,17,19H,5-6,10-11,14-16H2,1H3,(H,27,30)/t17-/m1/s1. The Hall–Kier alpha value is -1.69. The van der Waals surface area contributed by atoms with Gasteiger partial charge in [0.15, 0.2) is 0 Å². The highest BCUT2D eigenvalue weighted by Crippen LogP contribution is 2.27. The quantitative estimate of drug-likeness (QED) is 0.502. The van der Waals surface area contributed by atoms with Gasteiger partial charge in [-0.15, -0.1) is 11.8 Å². The second-order valence-corrected chi connectivity index (χ2v) is 9.67. The van der Waals surface area contributed by atoms with Crippen molar-refractivity contribution in [2.24, 2.45) is 0 Å². The number of thioether (sulfide) groups is 1. The minimum Gasteiger partial charge on any atom is -0.352 e. The molecule has 1 aliphatic rings. The molecule has 0 heterocycles. The summed E-state index contributed by atoms with van der Waals surface area (Å²) in [6.07, 6.45) is 4.26. The number of nitrogens with one attached hydrogen (secondary N) is 1. The summed E-state index contributed by atoms with van der Waals surface area (Å²) >= 11 is 14.2. The van der Waals surface area contributed by atoms with Crippen molar-refractivity contribution in [3.05, 3.63) is 69.7 Å². The van der Waals surface area contributed by atoms with E-state index in [9.17, 15) is 9.59 Å². The molecular weight excluding hydrogens is 451 g/mol. The summed E-state index contributed by atoms with van der Waals surface area (Å²) < 4.78 is 0. The molecule has 1 aliphatic carbocycles. The minimum atomic E-state index is -0.613. The summed E-state index contributed by atoms with van der Waals surface area (Å²) in [5.74, 6) is 0.774. The number of hydrogen-bond acceptors (Lipinski definition) is 3. The Morgan fingerprint density at radius 3 is 2.35 bits per heavy atom. The first kappa shape index (κ1) is 24.0. The Balaban J connectivity index is 1.70. The maximum atomic E-state index is 13.2. The number of rotatable bonds is 9. The summed E-state index contributed by atoms with van der Waals surface area (Å²) in [5, 5.41) is 4.09. The topological polar surface area (TPSA) is 49.4 Å².